The molecule has 0 saturated heterocycles. The molecule has 1 aliphatic heterocycles. The number of benzene rings is 4. The molecular weight excluding hydrogens is 504 g/mol. The second kappa shape index (κ2) is 10.9. The highest BCUT2D eigenvalue weighted by molar-refractivity contribution is 7.92. The average Bonchev–Trinajstić information content (AvgIpc) is 3.40. The summed E-state index contributed by atoms with van der Waals surface area (Å²) in [5.41, 5.74) is 2.87. The maximum Gasteiger partial charge on any atom is 0.264 e. The molecule has 0 saturated carbocycles. The third-order valence-corrected chi connectivity index (χ3v) is 7.72. The SMILES string of the molecule is Cc1ccc(S(=O)(=O)N(Cc2ccccc2)c2ccc(OCC(=O)Nc3ccc4c(c3)OCO4)cc2)cc1. The molecule has 194 valence electrons. The number of hydrogen-bond acceptors (Lipinski definition) is 6. The molecule has 0 unspecified atom stereocenters. The molecule has 9 heteroatoms. The van der Waals surface area contributed by atoms with Gasteiger partial charge in [0.15, 0.2) is 18.1 Å². The topological polar surface area (TPSA) is 94.2 Å². The Morgan fingerprint density at radius 1 is 0.895 bits per heavy atom. The molecule has 0 fully saturated rings. The van der Waals surface area contributed by atoms with Crippen molar-refractivity contribution in [3.8, 4) is 17.2 Å². The molecule has 1 N–H and O–H groups in total. The van der Waals surface area contributed by atoms with Gasteiger partial charge in [0, 0.05) is 11.8 Å². The Morgan fingerprint density at radius 3 is 2.34 bits per heavy atom. The Kier molecular flexibility index (Phi) is 7.19. The number of fused-ring (bicyclic) bond motifs is 1. The van der Waals surface area contributed by atoms with Crippen LogP contribution in [0.15, 0.2) is 102 Å². The number of aryl methyl sites for hydroxylation is 1. The molecule has 1 amide bonds. The van der Waals surface area contributed by atoms with Crippen LogP contribution in [0.3, 0.4) is 0 Å². The average molecular weight is 531 g/mol. The zero-order valence-corrected chi connectivity index (χ0v) is 21.5. The summed E-state index contributed by atoms with van der Waals surface area (Å²) < 4.78 is 44.8. The van der Waals surface area contributed by atoms with E-state index in [4.69, 9.17) is 14.2 Å². The maximum atomic E-state index is 13.6. The molecule has 1 aliphatic rings. The summed E-state index contributed by atoms with van der Waals surface area (Å²) in [6.07, 6.45) is 0. The van der Waals surface area contributed by atoms with Gasteiger partial charge < -0.3 is 19.5 Å². The molecule has 0 bridgehead atoms. The fourth-order valence-electron chi connectivity index (χ4n) is 3.93. The maximum absolute atomic E-state index is 13.6. The first-order chi connectivity index (χ1) is 18.4. The lowest BCUT2D eigenvalue weighted by Crippen LogP contribution is -2.30. The summed E-state index contributed by atoms with van der Waals surface area (Å²) in [6.45, 7) is 2.01. The first kappa shape index (κ1) is 25.2. The second-order valence-corrected chi connectivity index (χ2v) is 10.6. The van der Waals surface area contributed by atoms with E-state index in [0.29, 0.717) is 28.6 Å². The van der Waals surface area contributed by atoms with Gasteiger partial charge in [-0.05, 0) is 61.0 Å². The van der Waals surface area contributed by atoms with E-state index in [1.54, 1.807) is 66.7 Å². The van der Waals surface area contributed by atoms with Gasteiger partial charge in [-0.1, -0.05) is 48.0 Å². The highest BCUT2D eigenvalue weighted by Crippen LogP contribution is 2.34. The molecule has 8 nitrogen and oxygen atoms in total. The zero-order valence-electron chi connectivity index (χ0n) is 20.7. The summed E-state index contributed by atoms with van der Waals surface area (Å²) in [4.78, 5) is 12.6. The molecule has 38 heavy (non-hydrogen) atoms. The fourth-order valence-corrected chi connectivity index (χ4v) is 5.38. The first-order valence-corrected chi connectivity index (χ1v) is 13.4. The second-order valence-electron chi connectivity index (χ2n) is 8.71. The molecule has 0 atom stereocenters. The summed E-state index contributed by atoms with van der Waals surface area (Å²) in [7, 11) is -3.84. The fraction of sp³-hybridized carbons (Fsp3) is 0.138. The molecule has 0 aliphatic carbocycles. The number of nitrogens with one attached hydrogen (secondary N) is 1. The molecule has 4 aromatic rings. The van der Waals surface area contributed by atoms with Crippen LogP contribution in [0.1, 0.15) is 11.1 Å². The van der Waals surface area contributed by atoms with Crippen molar-refractivity contribution in [2.75, 3.05) is 23.0 Å². The van der Waals surface area contributed by atoms with Crippen LogP contribution in [0.25, 0.3) is 0 Å². The van der Waals surface area contributed by atoms with Gasteiger partial charge in [0.1, 0.15) is 5.75 Å². The Bertz CT molecular complexity index is 1520. The van der Waals surface area contributed by atoms with Crippen LogP contribution >= 0.6 is 0 Å². The van der Waals surface area contributed by atoms with Gasteiger partial charge in [-0.25, -0.2) is 8.42 Å². The van der Waals surface area contributed by atoms with E-state index in [1.807, 2.05) is 37.3 Å². The Labute approximate surface area is 221 Å². The van der Waals surface area contributed by atoms with E-state index in [-0.39, 0.29) is 30.7 Å². The van der Waals surface area contributed by atoms with Crippen LogP contribution in [0.2, 0.25) is 0 Å². The number of anilines is 2. The van der Waals surface area contributed by atoms with Crippen LogP contribution in [-0.4, -0.2) is 27.7 Å². The van der Waals surface area contributed by atoms with Crippen molar-refractivity contribution in [2.45, 2.75) is 18.4 Å². The smallest absolute Gasteiger partial charge is 0.264 e. The number of amides is 1. The molecule has 0 aromatic heterocycles. The Morgan fingerprint density at radius 2 is 1.61 bits per heavy atom. The van der Waals surface area contributed by atoms with Gasteiger partial charge >= 0.3 is 0 Å². The molecule has 0 radical (unpaired) electrons. The normalized spacial score (nSPS) is 12.1. The van der Waals surface area contributed by atoms with Gasteiger partial charge in [0.05, 0.1) is 17.1 Å². The molecule has 0 spiro atoms. The van der Waals surface area contributed by atoms with Crippen molar-refractivity contribution in [3.05, 3.63) is 108 Å². The Hall–Kier alpha value is -4.50. The van der Waals surface area contributed by atoms with E-state index >= 15 is 0 Å². The summed E-state index contributed by atoms with van der Waals surface area (Å²) in [6, 6.07) is 27.9. The number of nitrogens with zero attached hydrogens (tertiary/aromatic N) is 1. The lowest BCUT2D eigenvalue weighted by Gasteiger charge is -2.25. The van der Waals surface area contributed by atoms with Gasteiger partial charge in [-0.2, -0.15) is 0 Å². The number of sulfonamides is 1. The minimum Gasteiger partial charge on any atom is -0.484 e. The zero-order chi connectivity index (χ0) is 26.5. The molecule has 1 heterocycles. The minimum absolute atomic E-state index is 0.154. The van der Waals surface area contributed by atoms with Gasteiger partial charge in [-0.15, -0.1) is 0 Å². The number of hydrogen-bond donors (Lipinski definition) is 1. The predicted molar refractivity (Wildman–Crippen MR) is 144 cm³/mol. The molecular formula is C29H26N2O6S. The number of carbonyl (C=O) groups excluding carboxylic acids is 1. The molecule has 5 rings (SSSR count). The van der Waals surface area contributed by atoms with Crippen molar-refractivity contribution in [1.29, 1.82) is 0 Å². The van der Waals surface area contributed by atoms with Crippen molar-refractivity contribution in [2.24, 2.45) is 0 Å². The van der Waals surface area contributed by atoms with E-state index in [2.05, 4.69) is 5.32 Å². The summed E-state index contributed by atoms with van der Waals surface area (Å²) >= 11 is 0. The first-order valence-electron chi connectivity index (χ1n) is 11.9. The number of rotatable bonds is 9. The highest BCUT2D eigenvalue weighted by Gasteiger charge is 2.25. The van der Waals surface area contributed by atoms with E-state index < -0.39 is 10.0 Å². The van der Waals surface area contributed by atoms with E-state index in [1.165, 1.54) is 4.31 Å². The van der Waals surface area contributed by atoms with Crippen LogP contribution in [0.5, 0.6) is 17.2 Å². The monoisotopic (exact) mass is 530 g/mol. The van der Waals surface area contributed by atoms with Crippen molar-refractivity contribution < 1.29 is 27.4 Å². The summed E-state index contributed by atoms with van der Waals surface area (Å²) in [5, 5.41) is 2.75. The van der Waals surface area contributed by atoms with Crippen LogP contribution in [-0.2, 0) is 21.4 Å². The van der Waals surface area contributed by atoms with Crippen LogP contribution < -0.4 is 23.8 Å². The van der Waals surface area contributed by atoms with Crippen LogP contribution in [0, 0.1) is 6.92 Å². The summed E-state index contributed by atoms with van der Waals surface area (Å²) in [5.74, 6) is 1.28. The predicted octanol–water partition coefficient (Wildman–Crippen LogP) is 5.14. The third kappa shape index (κ3) is 5.73. The lowest BCUT2D eigenvalue weighted by molar-refractivity contribution is -0.118. The largest absolute Gasteiger partial charge is 0.484 e. The lowest BCUT2D eigenvalue weighted by atomic mass is 10.2. The van der Waals surface area contributed by atoms with Gasteiger partial charge in [0.25, 0.3) is 15.9 Å². The van der Waals surface area contributed by atoms with Gasteiger partial charge in [-0.3, -0.25) is 9.10 Å². The number of carbonyl (C=O) groups is 1. The van der Waals surface area contributed by atoms with Crippen molar-refractivity contribution >= 4 is 27.3 Å². The molecule has 4 aromatic carbocycles. The standard InChI is InChI=1S/C29H26N2O6S/c1-21-7-14-26(15-8-21)38(33,34)31(18-22-5-3-2-4-6-22)24-10-12-25(13-11-24)35-19-29(32)30-23-9-16-27-28(17-23)37-20-36-27/h2-17H,18-20H2,1H3,(H,30,32). The van der Waals surface area contributed by atoms with Crippen molar-refractivity contribution in [1.82, 2.24) is 0 Å². The number of ether oxygens (including phenoxy) is 3. The quantitative estimate of drug-likeness (QED) is 0.322. The third-order valence-electron chi connectivity index (χ3n) is 5.93. The van der Waals surface area contributed by atoms with Crippen LogP contribution in [0.4, 0.5) is 11.4 Å². The Balaban J connectivity index is 1.29. The highest BCUT2D eigenvalue weighted by atomic mass is 32.2. The van der Waals surface area contributed by atoms with Gasteiger partial charge in [0.2, 0.25) is 6.79 Å². The van der Waals surface area contributed by atoms with Crippen molar-refractivity contribution in [3.63, 3.8) is 0 Å². The van der Waals surface area contributed by atoms with E-state index in [9.17, 15) is 13.2 Å². The minimum atomic E-state index is -3.84. The van der Waals surface area contributed by atoms with E-state index in [0.717, 1.165) is 11.1 Å².